The summed E-state index contributed by atoms with van der Waals surface area (Å²) in [5.74, 6) is -0.274. The molecule has 0 radical (unpaired) electrons. The number of hydrogen-bond acceptors (Lipinski definition) is 4. The molecule has 1 N–H and O–H groups in total. The maximum absolute atomic E-state index is 12.3. The predicted molar refractivity (Wildman–Crippen MR) is 97.4 cm³/mol. The molecule has 2 rings (SSSR count). The van der Waals surface area contributed by atoms with Crippen LogP contribution in [0, 0.1) is 13.8 Å². The summed E-state index contributed by atoms with van der Waals surface area (Å²) in [7, 11) is 1.27. The summed E-state index contributed by atoms with van der Waals surface area (Å²) in [6.07, 6.45) is -0.710. The monoisotopic (exact) mass is 361 g/mol. The van der Waals surface area contributed by atoms with Gasteiger partial charge in [-0.1, -0.05) is 17.7 Å². The van der Waals surface area contributed by atoms with Crippen molar-refractivity contribution in [3.05, 3.63) is 58.1 Å². The number of aryl methyl sites for hydroxylation is 2. The van der Waals surface area contributed by atoms with Crippen molar-refractivity contribution in [1.82, 2.24) is 0 Å². The van der Waals surface area contributed by atoms with Crippen LogP contribution in [-0.2, 0) is 9.53 Å². The lowest BCUT2D eigenvalue weighted by Gasteiger charge is -2.16. The molecule has 0 aromatic heterocycles. The Labute approximate surface area is 151 Å². The van der Waals surface area contributed by atoms with E-state index in [0.717, 1.165) is 11.1 Å². The molecule has 5 nitrogen and oxygen atoms in total. The van der Waals surface area contributed by atoms with Crippen LogP contribution in [0.1, 0.15) is 28.4 Å². The first-order valence-electron chi connectivity index (χ1n) is 7.74. The minimum absolute atomic E-state index is 0.185. The molecule has 0 bridgehead atoms. The van der Waals surface area contributed by atoms with Crippen molar-refractivity contribution in [3.8, 4) is 5.75 Å². The van der Waals surface area contributed by atoms with Gasteiger partial charge in [-0.25, -0.2) is 4.79 Å². The van der Waals surface area contributed by atoms with E-state index in [2.05, 4.69) is 10.1 Å². The van der Waals surface area contributed by atoms with Crippen molar-refractivity contribution >= 4 is 29.2 Å². The Balaban J connectivity index is 2.09. The zero-order valence-corrected chi connectivity index (χ0v) is 15.3. The molecule has 0 spiro atoms. The first-order chi connectivity index (χ1) is 11.8. The minimum Gasteiger partial charge on any atom is -0.481 e. The Morgan fingerprint density at radius 1 is 1.08 bits per heavy atom. The first-order valence-corrected chi connectivity index (χ1v) is 8.11. The van der Waals surface area contributed by atoms with E-state index in [1.165, 1.54) is 19.2 Å². The SMILES string of the molecule is COC(=O)c1cc(NC(=O)[C@H](C)Oc2cc(C)cc(C)c2)ccc1Cl. The van der Waals surface area contributed by atoms with E-state index in [1.807, 2.05) is 32.0 Å². The molecule has 1 amide bonds. The number of esters is 1. The van der Waals surface area contributed by atoms with E-state index < -0.39 is 12.1 Å². The summed E-state index contributed by atoms with van der Waals surface area (Å²) < 4.78 is 10.4. The minimum atomic E-state index is -0.710. The van der Waals surface area contributed by atoms with Crippen molar-refractivity contribution in [3.63, 3.8) is 0 Å². The van der Waals surface area contributed by atoms with Crippen LogP contribution >= 0.6 is 11.6 Å². The van der Waals surface area contributed by atoms with Crippen LogP contribution in [0.25, 0.3) is 0 Å². The quantitative estimate of drug-likeness (QED) is 0.812. The zero-order chi connectivity index (χ0) is 18.6. The smallest absolute Gasteiger partial charge is 0.339 e. The van der Waals surface area contributed by atoms with Gasteiger partial charge in [-0.15, -0.1) is 0 Å². The predicted octanol–water partition coefficient (Wildman–Crippen LogP) is 4.15. The van der Waals surface area contributed by atoms with E-state index in [9.17, 15) is 9.59 Å². The number of carbonyl (C=O) groups is 2. The summed E-state index contributed by atoms with van der Waals surface area (Å²) in [6, 6.07) is 10.4. The highest BCUT2D eigenvalue weighted by Gasteiger charge is 2.17. The van der Waals surface area contributed by atoms with Gasteiger partial charge in [0, 0.05) is 5.69 Å². The van der Waals surface area contributed by atoms with E-state index in [4.69, 9.17) is 16.3 Å². The molecule has 0 saturated heterocycles. The van der Waals surface area contributed by atoms with Gasteiger partial charge in [0.1, 0.15) is 5.75 Å². The van der Waals surface area contributed by atoms with E-state index in [1.54, 1.807) is 13.0 Å². The second kappa shape index (κ2) is 8.03. The average molecular weight is 362 g/mol. The highest BCUT2D eigenvalue weighted by atomic mass is 35.5. The summed E-state index contributed by atoms with van der Waals surface area (Å²) in [4.78, 5) is 24.0. The molecule has 0 fully saturated rings. The summed E-state index contributed by atoms with van der Waals surface area (Å²) in [6.45, 7) is 5.59. The number of anilines is 1. The van der Waals surface area contributed by atoms with Crippen molar-refractivity contribution in [2.75, 3.05) is 12.4 Å². The van der Waals surface area contributed by atoms with Gasteiger partial charge in [0.05, 0.1) is 17.7 Å². The molecule has 6 heteroatoms. The molecular formula is C19H20ClNO4. The van der Waals surface area contributed by atoms with Crippen molar-refractivity contribution in [2.24, 2.45) is 0 Å². The number of benzene rings is 2. The molecule has 0 aliphatic rings. The summed E-state index contributed by atoms with van der Waals surface area (Å²) in [5, 5.41) is 2.96. The highest BCUT2D eigenvalue weighted by molar-refractivity contribution is 6.33. The van der Waals surface area contributed by atoms with Crippen molar-refractivity contribution in [1.29, 1.82) is 0 Å². The number of hydrogen-bond donors (Lipinski definition) is 1. The Kier molecular flexibility index (Phi) is 6.04. The molecule has 0 heterocycles. The van der Waals surface area contributed by atoms with Gasteiger partial charge in [-0.2, -0.15) is 0 Å². The lowest BCUT2D eigenvalue weighted by molar-refractivity contribution is -0.122. The average Bonchev–Trinajstić information content (AvgIpc) is 2.54. The number of rotatable bonds is 5. The molecule has 0 aliphatic heterocycles. The third-order valence-electron chi connectivity index (χ3n) is 3.52. The molecule has 2 aromatic carbocycles. The second-order valence-electron chi connectivity index (χ2n) is 5.76. The number of methoxy groups -OCH3 is 1. The lowest BCUT2D eigenvalue weighted by Crippen LogP contribution is -2.30. The molecule has 132 valence electrons. The van der Waals surface area contributed by atoms with E-state index in [-0.39, 0.29) is 16.5 Å². The third kappa shape index (κ3) is 4.97. The largest absolute Gasteiger partial charge is 0.481 e. The topological polar surface area (TPSA) is 64.6 Å². The number of carbonyl (C=O) groups excluding carboxylic acids is 2. The van der Waals surface area contributed by atoms with Crippen LogP contribution in [0.15, 0.2) is 36.4 Å². The van der Waals surface area contributed by atoms with Crippen LogP contribution in [0.2, 0.25) is 5.02 Å². The molecule has 2 aromatic rings. The van der Waals surface area contributed by atoms with Crippen LogP contribution in [0.3, 0.4) is 0 Å². The second-order valence-corrected chi connectivity index (χ2v) is 6.17. The Morgan fingerprint density at radius 2 is 1.72 bits per heavy atom. The van der Waals surface area contributed by atoms with Crippen molar-refractivity contribution < 1.29 is 19.1 Å². The molecule has 0 saturated carbocycles. The number of amides is 1. The van der Waals surface area contributed by atoms with Gasteiger partial charge in [-0.3, -0.25) is 4.79 Å². The summed E-state index contributed by atoms with van der Waals surface area (Å²) in [5.41, 5.74) is 2.74. The Morgan fingerprint density at radius 3 is 2.32 bits per heavy atom. The molecule has 1 atom stereocenters. The third-order valence-corrected chi connectivity index (χ3v) is 3.85. The lowest BCUT2D eigenvalue weighted by atomic mass is 10.1. The highest BCUT2D eigenvalue weighted by Crippen LogP contribution is 2.22. The van der Waals surface area contributed by atoms with Gasteiger partial charge in [-0.05, 0) is 62.2 Å². The molecule has 25 heavy (non-hydrogen) atoms. The van der Waals surface area contributed by atoms with Gasteiger partial charge in [0.15, 0.2) is 6.10 Å². The fourth-order valence-corrected chi connectivity index (χ4v) is 2.57. The number of ether oxygens (including phenoxy) is 2. The first kappa shape index (κ1) is 18.8. The standard InChI is InChI=1S/C19H20ClNO4/c1-11-7-12(2)9-15(8-11)25-13(3)18(22)21-14-5-6-17(20)16(10-14)19(23)24-4/h5-10,13H,1-4H3,(H,21,22)/t13-/m0/s1. The maximum atomic E-state index is 12.3. The van der Waals surface area contributed by atoms with E-state index >= 15 is 0 Å². The number of nitrogens with one attached hydrogen (secondary N) is 1. The Hall–Kier alpha value is -2.53. The normalized spacial score (nSPS) is 11.6. The van der Waals surface area contributed by atoms with Crippen LogP contribution in [-0.4, -0.2) is 25.1 Å². The number of halogens is 1. The molecule has 0 unspecified atom stereocenters. The van der Waals surface area contributed by atoms with Crippen LogP contribution in [0.5, 0.6) is 5.75 Å². The van der Waals surface area contributed by atoms with Crippen molar-refractivity contribution in [2.45, 2.75) is 26.9 Å². The zero-order valence-electron chi connectivity index (χ0n) is 14.6. The molecule has 0 aliphatic carbocycles. The van der Waals surface area contributed by atoms with Gasteiger partial charge in [0.2, 0.25) is 0 Å². The Bertz CT molecular complexity index is 784. The van der Waals surface area contributed by atoms with Crippen LogP contribution < -0.4 is 10.1 Å². The van der Waals surface area contributed by atoms with E-state index in [0.29, 0.717) is 11.4 Å². The van der Waals surface area contributed by atoms with Crippen LogP contribution in [0.4, 0.5) is 5.69 Å². The molecular weight excluding hydrogens is 342 g/mol. The summed E-state index contributed by atoms with van der Waals surface area (Å²) >= 11 is 5.97. The maximum Gasteiger partial charge on any atom is 0.339 e. The van der Waals surface area contributed by atoms with Gasteiger partial charge >= 0.3 is 5.97 Å². The van der Waals surface area contributed by atoms with Gasteiger partial charge in [0.25, 0.3) is 5.91 Å². The fraction of sp³-hybridized carbons (Fsp3) is 0.263. The fourth-order valence-electron chi connectivity index (χ4n) is 2.37. The van der Waals surface area contributed by atoms with Gasteiger partial charge < -0.3 is 14.8 Å².